The van der Waals surface area contributed by atoms with Crippen LogP contribution in [0, 0.1) is 0 Å². The fourth-order valence-electron chi connectivity index (χ4n) is 1.72. The van der Waals surface area contributed by atoms with Crippen LogP contribution in [0.25, 0.3) is 0 Å². The van der Waals surface area contributed by atoms with Crippen LogP contribution in [0.3, 0.4) is 0 Å². The van der Waals surface area contributed by atoms with Gasteiger partial charge in [-0.3, -0.25) is 4.79 Å². The van der Waals surface area contributed by atoms with Crippen LogP contribution in [0.2, 0.25) is 0 Å². The molecule has 96 valence electrons. The molecule has 1 aliphatic heterocycles. The summed E-state index contributed by atoms with van der Waals surface area (Å²) in [7, 11) is 0. The van der Waals surface area contributed by atoms with E-state index in [2.05, 4.69) is 0 Å². The second-order valence-electron chi connectivity index (χ2n) is 4.05. The number of rotatable bonds is 5. The van der Waals surface area contributed by atoms with Gasteiger partial charge in [0.25, 0.3) is 5.92 Å². The van der Waals surface area contributed by atoms with Gasteiger partial charge in [-0.15, -0.1) is 12.4 Å². The zero-order valence-corrected chi connectivity index (χ0v) is 9.94. The molecule has 0 unspecified atom stereocenters. The standard InChI is InChI=1S/C10H17F2NO2.ClH/c11-10(12)4-7-13(8-5-10)6-2-1-3-9(14)15;/h1-8H2,(H,14,15);1H. The van der Waals surface area contributed by atoms with Gasteiger partial charge in [0, 0.05) is 32.4 Å². The Morgan fingerprint density at radius 1 is 1.25 bits per heavy atom. The smallest absolute Gasteiger partial charge is 0.303 e. The highest BCUT2D eigenvalue weighted by atomic mass is 35.5. The molecule has 0 bridgehead atoms. The van der Waals surface area contributed by atoms with Gasteiger partial charge in [-0.2, -0.15) is 0 Å². The van der Waals surface area contributed by atoms with Crippen molar-refractivity contribution in [2.45, 2.75) is 38.0 Å². The lowest BCUT2D eigenvalue weighted by Gasteiger charge is -2.31. The lowest BCUT2D eigenvalue weighted by atomic mass is 10.1. The topological polar surface area (TPSA) is 40.5 Å². The van der Waals surface area contributed by atoms with Crippen LogP contribution < -0.4 is 0 Å². The monoisotopic (exact) mass is 257 g/mol. The summed E-state index contributed by atoms with van der Waals surface area (Å²) >= 11 is 0. The van der Waals surface area contributed by atoms with E-state index < -0.39 is 11.9 Å². The number of carboxylic acids is 1. The molecule has 0 aromatic heterocycles. The number of likely N-dealkylation sites (tertiary alicyclic amines) is 1. The molecule has 6 heteroatoms. The van der Waals surface area contributed by atoms with Crippen molar-refractivity contribution in [3.05, 3.63) is 0 Å². The lowest BCUT2D eigenvalue weighted by molar-refractivity contribution is -0.137. The molecule has 0 aromatic rings. The van der Waals surface area contributed by atoms with Gasteiger partial charge < -0.3 is 10.0 Å². The third-order valence-corrected chi connectivity index (χ3v) is 2.70. The first-order chi connectivity index (χ1) is 6.99. The van der Waals surface area contributed by atoms with Gasteiger partial charge in [0.2, 0.25) is 0 Å². The zero-order valence-electron chi connectivity index (χ0n) is 9.12. The van der Waals surface area contributed by atoms with Gasteiger partial charge in [-0.05, 0) is 19.4 Å². The molecule has 1 rings (SSSR count). The summed E-state index contributed by atoms with van der Waals surface area (Å²) < 4.78 is 25.5. The molecule has 1 N–H and O–H groups in total. The molecule has 3 nitrogen and oxygen atoms in total. The Bertz CT molecular complexity index is 217. The van der Waals surface area contributed by atoms with Crippen LogP contribution in [0.1, 0.15) is 32.1 Å². The maximum absolute atomic E-state index is 12.8. The minimum atomic E-state index is -2.49. The Morgan fingerprint density at radius 3 is 2.31 bits per heavy atom. The fourth-order valence-corrected chi connectivity index (χ4v) is 1.72. The molecule has 0 aromatic carbocycles. The van der Waals surface area contributed by atoms with Crippen molar-refractivity contribution in [3.8, 4) is 0 Å². The molecular weight excluding hydrogens is 240 g/mol. The van der Waals surface area contributed by atoms with E-state index in [1.165, 1.54) is 0 Å². The van der Waals surface area contributed by atoms with Crippen molar-refractivity contribution in [3.63, 3.8) is 0 Å². The second-order valence-corrected chi connectivity index (χ2v) is 4.05. The predicted molar refractivity (Wildman–Crippen MR) is 59.4 cm³/mol. The maximum Gasteiger partial charge on any atom is 0.303 e. The van der Waals surface area contributed by atoms with Gasteiger partial charge >= 0.3 is 5.97 Å². The van der Waals surface area contributed by atoms with Gasteiger partial charge in [-0.1, -0.05) is 0 Å². The SMILES string of the molecule is Cl.O=C(O)CCCCN1CCC(F)(F)CC1. The van der Waals surface area contributed by atoms with E-state index in [1.807, 2.05) is 4.90 Å². The number of aliphatic carboxylic acids is 1. The van der Waals surface area contributed by atoms with E-state index >= 15 is 0 Å². The summed E-state index contributed by atoms with van der Waals surface area (Å²) in [6.07, 6.45) is 1.45. The average molecular weight is 258 g/mol. The van der Waals surface area contributed by atoms with E-state index in [9.17, 15) is 13.6 Å². The van der Waals surface area contributed by atoms with Crippen molar-refractivity contribution in [2.75, 3.05) is 19.6 Å². The van der Waals surface area contributed by atoms with Gasteiger partial charge in [0.05, 0.1) is 0 Å². The first-order valence-corrected chi connectivity index (χ1v) is 5.32. The number of hydrogen-bond donors (Lipinski definition) is 1. The Kier molecular flexibility index (Phi) is 6.83. The number of carbonyl (C=O) groups is 1. The lowest BCUT2D eigenvalue weighted by Crippen LogP contribution is -2.39. The summed E-state index contributed by atoms with van der Waals surface area (Å²) in [5, 5.41) is 8.41. The minimum absolute atomic E-state index is 0. The van der Waals surface area contributed by atoms with Crippen LogP contribution in [-0.2, 0) is 4.79 Å². The Balaban J connectivity index is 0.00000225. The van der Waals surface area contributed by atoms with E-state index in [0.29, 0.717) is 19.5 Å². The highest BCUT2D eigenvalue weighted by Gasteiger charge is 2.33. The molecule has 0 radical (unpaired) electrons. The highest BCUT2D eigenvalue weighted by Crippen LogP contribution is 2.27. The van der Waals surface area contributed by atoms with Crippen molar-refractivity contribution >= 4 is 18.4 Å². The number of halogens is 3. The number of alkyl halides is 2. The molecule has 1 saturated heterocycles. The van der Waals surface area contributed by atoms with Crippen molar-refractivity contribution in [1.29, 1.82) is 0 Å². The predicted octanol–water partition coefficient (Wildman–Crippen LogP) is 2.39. The number of hydrogen-bond acceptors (Lipinski definition) is 2. The molecule has 0 aliphatic carbocycles. The van der Waals surface area contributed by atoms with Crippen LogP contribution in [0.4, 0.5) is 8.78 Å². The molecule has 0 spiro atoms. The maximum atomic E-state index is 12.8. The number of piperidine rings is 1. The van der Waals surface area contributed by atoms with Crippen LogP contribution >= 0.6 is 12.4 Å². The van der Waals surface area contributed by atoms with Crippen molar-refractivity contribution < 1.29 is 18.7 Å². The average Bonchev–Trinajstić information content (AvgIpc) is 2.14. The van der Waals surface area contributed by atoms with Crippen LogP contribution in [0.5, 0.6) is 0 Å². The zero-order chi connectivity index (χ0) is 11.3. The fraction of sp³-hybridized carbons (Fsp3) is 0.900. The Labute approximate surface area is 100 Å². The second kappa shape index (κ2) is 7.01. The Hall–Kier alpha value is -0.420. The van der Waals surface area contributed by atoms with Gasteiger partial charge in [-0.25, -0.2) is 8.78 Å². The van der Waals surface area contributed by atoms with E-state index in [1.54, 1.807) is 0 Å². The normalized spacial score (nSPS) is 20.1. The third kappa shape index (κ3) is 6.23. The van der Waals surface area contributed by atoms with E-state index in [4.69, 9.17) is 5.11 Å². The summed E-state index contributed by atoms with van der Waals surface area (Å²) in [5.41, 5.74) is 0. The van der Waals surface area contributed by atoms with Crippen molar-refractivity contribution in [2.24, 2.45) is 0 Å². The molecule has 0 saturated carbocycles. The molecule has 0 amide bonds. The van der Waals surface area contributed by atoms with Gasteiger partial charge in [0.15, 0.2) is 0 Å². The van der Waals surface area contributed by atoms with E-state index in [0.717, 1.165) is 13.0 Å². The summed E-state index contributed by atoms with van der Waals surface area (Å²) in [6, 6.07) is 0. The van der Waals surface area contributed by atoms with E-state index in [-0.39, 0.29) is 31.7 Å². The van der Waals surface area contributed by atoms with Gasteiger partial charge in [0.1, 0.15) is 0 Å². The third-order valence-electron chi connectivity index (χ3n) is 2.70. The largest absolute Gasteiger partial charge is 0.481 e. The first-order valence-electron chi connectivity index (χ1n) is 5.32. The quantitative estimate of drug-likeness (QED) is 0.769. The van der Waals surface area contributed by atoms with Crippen LogP contribution in [-0.4, -0.2) is 41.5 Å². The van der Waals surface area contributed by atoms with Crippen molar-refractivity contribution in [1.82, 2.24) is 4.90 Å². The highest BCUT2D eigenvalue weighted by molar-refractivity contribution is 5.85. The molecule has 1 aliphatic rings. The molecule has 1 fully saturated rings. The molecular formula is C10H18ClF2NO2. The first kappa shape index (κ1) is 15.6. The minimum Gasteiger partial charge on any atom is -0.481 e. The number of nitrogens with zero attached hydrogens (tertiary/aromatic N) is 1. The number of carboxylic acid groups (broad SMARTS) is 1. The number of unbranched alkanes of at least 4 members (excludes halogenated alkanes) is 1. The molecule has 16 heavy (non-hydrogen) atoms. The summed E-state index contributed by atoms with van der Waals surface area (Å²) in [5.74, 6) is -3.28. The van der Waals surface area contributed by atoms with Crippen LogP contribution in [0.15, 0.2) is 0 Å². The Morgan fingerprint density at radius 2 is 1.81 bits per heavy atom. The summed E-state index contributed by atoms with van der Waals surface area (Å²) in [6.45, 7) is 1.60. The molecule has 1 heterocycles. The molecule has 0 atom stereocenters. The summed E-state index contributed by atoms with van der Waals surface area (Å²) in [4.78, 5) is 12.2.